The molecule has 2 heterocycles. The molecule has 2 amide bonds. The van der Waals surface area contributed by atoms with Gasteiger partial charge in [0.05, 0.1) is 0 Å². The zero-order chi connectivity index (χ0) is 17.6. The number of nitrogens with one attached hydrogen (secondary N) is 1. The first-order valence-electron chi connectivity index (χ1n) is 8.72. The van der Waals surface area contributed by atoms with E-state index in [9.17, 15) is 4.79 Å². The highest BCUT2D eigenvalue weighted by Gasteiger charge is 2.27. The minimum atomic E-state index is -0.0249. The van der Waals surface area contributed by atoms with Crippen molar-refractivity contribution >= 4 is 6.03 Å². The second kappa shape index (κ2) is 8.11. The van der Waals surface area contributed by atoms with Crippen LogP contribution in [-0.4, -0.2) is 58.2 Å². The molecule has 1 atom stereocenters. The van der Waals surface area contributed by atoms with Gasteiger partial charge in [0.15, 0.2) is 5.82 Å². The molecular weight excluding hydrogens is 318 g/mol. The quantitative estimate of drug-likeness (QED) is 0.897. The maximum atomic E-state index is 12.4. The number of piperazine rings is 1. The molecule has 0 unspecified atom stereocenters. The summed E-state index contributed by atoms with van der Waals surface area (Å²) in [4.78, 5) is 20.8. The molecular formula is C18H25N5O2. The van der Waals surface area contributed by atoms with Crippen LogP contribution >= 0.6 is 0 Å². The van der Waals surface area contributed by atoms with Crippen LogP contribution in [0.4, 0.5) is 4.79 Å². The van der Waals surface area contributed by atoms with Gasteiger partial charge in [0.1, 0.15) is 0 Å². The number of aryl methyl sites for hydroxylation is 1. The monoisotopic (exact) mass is 343 g/mol. The molecule has 0 bridgehead atoms. The fourth-order valence-electron chi connectivity index (χ4n) is 3.14. The van der Waals surface area contributed by atoms with Gasteiger partial charge in [0.2, 0.25) is 5.89 Å². The lowest BCUT2D eigenvalue weighted by Gasteiger charge is -2.39. The number of nitrogens with zero attached hydrogens (tertiary/aromatic N) is 4. The van der Waals surface area contributed by atoms with Crippen LogP contribution < -0.4 is 5.32 Å². The summed E-state index contributed by atoms with van der Waals surface area (Å²) in [7, 11) is 0. The minimum Gasteiger partial charge on any atom is -0.339 e. The van der Waals surface area contributed by atoms with Crippen LogP contribution in [0.25, 0.3) is 0 Å². The second-order valence-electron chi connectivity index (χ2n) is 6.48. The molecule has 1 aromatic carbocycles. The van der Waals surface area contributed by atoms with Gasteiger partial charge in [-0.1, -0.05) is 35.5 Å². The fourth-order valence-corrected chi connectivity index (χ4v) is 3.14. The van der Waals surface area contributed by atoms with Crippen molar-refractivity contribution in [1.82, 2.24) is 25.3 Å². The van der Waals surface area contributed by atoms with Crippen molar-refractivity contribution in [2.24, 2.45) is 0 Å². The van der Waals surface area contributed by atoms with E-state index in [1.165, 1.54) is 5.56 Å². The van der Waals surface area contributed by atoms with E-state index in [4.69, 9.17) is 4.52 Å². The molecule has 0 saturated carbocycles. The number of hydrogen-bond donors (Lipinski definition) is 1. The summed E-state index contributed by atoms with van der Waals surface area (Å²) >= 11 is 0. The Labute approximate surface area is 148 Å². The normalized spacial score (nSPS) is 18.3. The molecule has 0 radical (unpaired) electrons. The van der Waals surface area contributed by atoms with Gasteiger partial charge in [-0.15, -0.1) is 0 Å². The molecule has 1 fully saturated rings. The summed E-state index contributed by atoms with van der Waals surface area (Å²) in [6.07, 6.45) is 0.551. The number of carbonyl (C=O) groups is 1. The zero-order valence-corrected chi connectivity index (χ0v) is 14.8. The van der Waals surface area contributed by atoms with Gasteiger partial charge in [-0.25, -0.2) is 4.79 Å². The lowest BCUT2D eigenvalue weighted by molar-refractivity contribution is 0.0976. The topological polar surface area (TPSA) is 74.5 Å². The van der Waals surface area contributed by atoms with Gasteiger partial charge in [0, 0.05) is 45.2 Å². The Hall–Kier alpha value is -2.41. The highest BCUT2D eigenvalue weighted by atomic mass is 16.5. The number of amides is 2. The highest BCUT2D eigenvalue weighted by Crippen LogP contribution is 2.13. The van der Waals surface area contributed by atoms with Crippen molar-refractivity contribution in [3.8, 4) is 0 Å². The molecule has 25 heavy (non-hydrogen) atoms. The van der Waals surface area contributed by atoms with E-state index in [0.717, 1.165) is 26.2 Å². The number of carbonyl (C=O) groups excluding carboxylic acids is 1. The van der Waals surface area contributed by atoms with E-state index < -0.39 is 0 Å². The van der Waals surface area contributed by atoms with Crippen molar-refractivity contribution in [1.29, 1.82) is 0 Å². The van der Waals surface area contributed by atoms with E-state index in [2.05, 4.69) is 51.5 Å². The number of aromatic nitrogens is 2. The van der Waals surface area contributed by atoms with Crippen molar-refractivity contribution in [2.45, 2.75) is 32.9 Å². The Morgan fingerprint density at radius 1 is 1.32 bits per heavy atom. The molecule has 3 rings (SSSR count). The first-order chi connectivity index (χ1) is 12.1. The zero-order valence-electron chi connectivity index (χ0n) is 14.8. The molecule has 2 aromatic rings. The Morgan fingerprint density at radius 2 is 2.12 bits per heavy atom. The van der Waals surface area contributed by atoms with Crippen LogP contribution in [0.15, 0.2) is 34.9 Å². The molecule has 1 N–H and O–H groups in total. The van der Waals surface area contributed by atoms with Crippen molar-refractivity contribution in [2.75, 3.05) is 26.2 Å². The fraction of sp³-hybridized carbons (Fsp3) is 0.500. The Morgan fingerprint density at radius 3 is 2.80 bits per heavy atom. The first kappa shape index (κ1) is 17.4. The van der Waals surface area contributed by atoms with E-state index in [-0.39, 0.29) is 12.1 Å². The predicted molar refractivity (Wildman–Crippen MR) is 94.0 cm³/mol. The molecule has 7 heteroatoms. The summed E-state index contributed by atoms with van der Waals surface area (Å²) in [5.41, 5.74) is 1.31. The lowest BCUT2D eigenvalue weighted by Crippen LogP contribution is -2.56. The molecule has 1 saturated heterocycles. The highest BCUT2D eigenvalue weighted by molar-refractivity contribution is 5.74. The smallest absolute Gasteiger partial charge is 0.317 e. The van der Waals surface area contributed by atoms with E-state index >= 15 is 0 Å². The van der Waals surface area contributed by atoms with Crippen LogP contribution in [0, 0.1) is 6.92 Å². The van der Waals surface area contributed by atoms with Gasteiger partial charge in [-0.05, 0) is 19.4 Å². The summed E-state index contributed by atoms with van der Waals surface area (Å²) in [6.45, 7) is 7.80. The van der Waals surface area contributed by atoms with E-state index in [0.29, 0.717) is 24.7 Å². The summed E-state index contributed by atoms with van der Waals surface area (Å²) in [5, 5.41) is 6.69. The van der Waals surface area contributed by atoms with Crippen molar-refractivity contribution < 1.29 is 9.32 Å². The third-order valence-corrected chi connectivity index (χ3v) is 4.41. The lowest BCUT2D eigenvalue weighted by atomic mass is 10.1. The molecule has 1 aliphatic rings. The van der Waals surface area contributed by atoms with Gasteiger partial charge < -0.3 is 14.7 Å². The Kier molecular flexibility index (Phi) is 5.65. The van der Waals surface area contributed by atoms with Gasteiger partial charge >= 0.3 is 6.03 Å². The maximum absolute atomic E-state index is 12.4. The number of hydrogen-bond acceptors (Lipinski definition) is 5. The first-order valence-corrected chi connectivity index (χ1v) is 8.72. The second-order valence-corrected chi connectivity index (χ2v) is 6.48. The number of urea groups is 1. The average molecular weight is 343 g/mol. The van der Waals surface area contributed by atoms with Crippen molar-refractivity contribution in [3.63, 3.8) is 0 Å². The maximum Gasteiger partial charge on any atom is 0.317 e. The van der Waals surface area contributed by atoms with E-state index in [1.54, 1.807) is 6.92 Å². The molecule has 0 spiro atoms. The van der Waals surface area contributed by atoms with Gasteiger partial charge in [0.25, 0.3) is 0 Å². The van der Waals surface area contributed by atoms with E-state index in [1.807, 2.05) is 11.0 Å². The van der Waals surface area contributed by atoms with Crippen LogP contribution in [-0.2, 0) is 13.0 Å². The average Bonchev–Trinajstić information content (AvgIpc) is 3.01. The largest absolute Gasteiger partial charge is 0.339 e. The molecule has 1 aliphatic heterocycles. The van der Waals surface area contributed by atoms with Crippen molar-refractivity contribution in [3.05, 3.63) is 47.6 Å². The third-order valence-electron chi connectivity index (χ3n) is 4.41. The third kappa shape index (κ3) is 4.79. The minimum absolute atomic E-state index is 0.0249. The number of rotatable bonds is 5. The van der Waals surface area contributed by atoms with Crippen LogP contribution in [0.2, 0.25) is 0 Å². The molecule has 0 aliphatic carbocycles. The number of benzene rings is 1. The van der Waals surface area contributed by atoms with Crippen LogP contribution in [0.1, 0.15) is 24.2 Å². The molecule has 7 nitrogen and oxygen atoms in total. The summed E-state index contributed by atoms with van der Waals surface area (Å²) in [5.74, 6) is 1.17. The Bertz CT molecular complexity index is 688. The van der Waals surface area contributed by atoms with Gasteiger partial charge in [-0.3, -0.25) is 4.90 Å². The SMILES string of the molecule is Cc1noc(CCNC(=O)N2CCN(Cc3ccccc3)C[C@H]2C)n1. The summed E-state index contributed by atoms with van der Waals surface area (Å²) in [6, 6.07) is 10.6. The Balaban J connectivity index is 1.43. The van der Waals surface area contributed by atoms with Crippen LogP contribution in [0.3, 0.4) is 0 Å². The van der Waals surface area contributed by atoms with Crippen LogP contribution in [0.5, 0.6) is 0 Å². The molecule has 134 valence electrons. The summed E-state index contributed by atoms with van der Waals surface area (Å²) < 4.78 is 5.05. The standard InChI is InChI=1S/C18H25N5O2/c1-14-12-22(13-16-6-4-3-5-7-16)10-11-23(14)18(24)19-9-8-17-20-15(2)21-25-17/h3-7,14H,8-13H2,1-2H3,(H,19,24)/t14-/m1/s1. The van der Waals surface area contributed by atoms with Gasteiger partial charge in [-0.2, -0.15) is 4.98 Å². The predicted octanol–water partition coefficient (Wildman–Crippen LogP) is 1.84. The molecule has 1 aromatic heterocycles.